The number of carbonyl (C=O) groups is 2. The van der Waals surface area contributed by atoms with Gasteiger partial charge in [0.15, 0.2) is 6.61 Å². The molecule has 132 valence electrons. The lowest BCUT2D eigenvalue weighted by molar-refractivity contribution is -0.119. The number of hydrogen-bond donors (Lipinski definition) is 1. The minimum absolute atomic E-state index is 0.311. The molecular weight excluding hydrogens is 361 g/mol. The molecule has 0 bridgehead atoms. The van der Waals surface area contributed by atoms with Crippen molar-refractivity contribution in [2.75, 3.05) is 11.9 Å². The second-order valence-corrected chi connectivity index (χ2v) is 6.74. The number of hydrogen-bond acceptors (Lipinski definition) is 3. The first-order valence-corrected chi connectivity index (χ1v) is 8.56. The van der Waals surface area contributed by atoms with Gasteiger partial charge in [-0.1, -0.05) is 55.2 Å². The average molecular weight is 380 g/mol. The van der Waals surface area contributed by atoms with Crippen molar-refractivity contribution in [2.24, 2.45) is 0 Å². The van der Waals surface area contributed by atoms with Crippen LogP contribution in [0.3, 0.4) is 0 Å². The molecule has 0 spiro atoms. The maximum absolute atomic E-state index is 12.0. The Kier molecular flexibility index (Phi) is 6.45. The Hall–Kier alpha value is -2.04. The zero-order chi connectivity index (χ0) is 18.6. The summed E-state index contributed by atoms with van der Waals surface area (Å²) in [7, 11) is 0. The van der Waals surface area contributed by atoms with Crippen LogP contribution < -0.4 is 5.32 Å². The van der Waals surface area contributed by atoms with Gasteiger partial charge >= 0.3 is 5.97 Å². The highest BCUT2D eigenvalue weighted by atomic mass is 35.5. The van der Waals surface area contributed by atoms with Gasteiger partial charge in [0.1, 0.15) is 0 Å². The molecule has 0 radical (unpaired) electrons. The lowest BCUT2D eigenvalue weighted by Gasteiger charge is -2.11. The van der Waals surface area contributed by atoms with Gasteiger partial charge in [0, 0.05) is 0 Å². The molecule has 2 rings (SSSR count). The van der Waals surface area contributed by atoms with Crippen LogP contribution in [-0.2, 0) is 9.53 Å². The Morgan fingerprint density at radius 2 is 1.72 bits per heavy atom. The van der Waals surface area contributed by atoms with Gasteiger partial charge in [-0.05, 0) is 42.2 Å². The first-order chi connectivity index (χ1) is 11.8. The number of esters is 1. The lowest BCUT2D eigenvalue weighted by Crippen LogP contribution is -2.21. The van der Waals surface area contributed by atoms with Crippen LogP contribution >= 0.6 is 23.2 Å². The number of ether oxygens (including phenoxy) is 1. The van der Waals surface area contributed by atoms with Crippen molar-refractivity contribution >= 4 is 40.8 Å². The standard InChI is InChI=1S/C19H19Cl2NO3/c1-11(2)13-5-7-14(8-6-13)19(24)25-10-16(23)22-18-15(20)9-4-12(3)17(18)21/h4-9,11H,10H2,1-3H3,(H,22,23). The van der Waals surface area contributed by atoms with Crippen molar-refractivity contribution in [3.63, 3.8) is 0 Å². The second-order valence-electron chi connectivity index (χ2n) is 5.95. The van der Waals surface area contributed by atoms with Crippen molar-refractivity contribution in [1.82, 2.24) is 0 Å². The average Bonchev–Trinajstić information content (AvgIpc) is 2.60. The predicted molar refractivity (Wildman–Crippen MR) is 101 cm³/mol. The van der Waals surface area contributed by atoms with Crippen LogP contribution in [0.4, 0.5) is 5.69 Å². The summed E-state index contributed by atoms with van der Waals surface area (Å²) in [5.74, 6) is -0.701. The highest BCUT2D eigenvalue weighted by molar-refractivity contribution is 6.40. The van der Waals surface area contributed by atoms with E-state index in [1.54, 1.807) is 31.2 Å². The third kappa shape index (κ3) is 4.97. The highest BCUT2D eigenvalue weighted by Crippen LogP contribution is 2.32. The zero-order valence-corrected chi connectivity index (χ0v) is 15.7. The quantitative estimate of drug-likeness (QED) is 0.724. The molecule has 25 heavy (non-hydrogen) atoms. The Labute approximate surface area is 157 Å². The fraction of sp³-hybridized carbons (Fsp3) is 0.263. The van der Waals surface area contributed by atoms with E-state index < -0.39 is 18.5 Å². The molecule has 2 aromatic carbocycles. The molecule has 0 aliphatic heterocycles. The summed E-state index contributed by atoms with van der Waals surface area (Å²) < 4.78 is 5.04. The van der Waals surface area contributed by atoms with E-state index in [1.807, 2.05) is 12.1 Å². The van der Waals surface area contributed by atoms with E-state index >= 15 is 0 Å². The topological polar surface area (TPSA) is 55.4 Å². The number of amides is 1. The van der Waals surface area contributed by atoms with E-state index in [0.29, 0.717) is 27.2 Å². The van der Waals surface area contributed by atoms with E-state index in [2.05, 4.69) is 19.2 Å². The second kappa shape index (κ2) is 8.37. The van der Waals surface area contributed by atoms with E-state index in [-0.39, 0.29) is 0 Å². The van der Waals surface area contributed by atoms with Crippen molar-refractivity contribution in [3.8, 4) is 0 Å². The molecule has 4 nitrogen and oxygen atoms in total. The van der Waals surface area contributed by atoms with Gasteiger partial charge in [0.25, 0.3) is 5.91 Å². The summed E-state index contributed by atoms with van der Waals surface area (Å²) in [5.41, 5.74) is 2.61. The largest absolute Gasteiger partial charge is 0.452 e. The Morgan fingerprint density at radius 1 is 1.08 bits per heavy atom. The number of rotatable bonds is 5. The summed E-state index contributed by atoms with van der Waals surface area (Å²) in [6, 6.07) is 10.5. The normalized spacial score (nSPS) is 10.6. The molecule has 0 saturated carbocycles. The zero-order valence-electron chi connectivity index (χ0n) is 14.2. The van der Waals surface area contributed by atoms with Gasteiger partial charge in [0.05, 0.1) is 21.3 Å². The number of aryl methyl sites for hydroxylation is 1. The molecule has 1 N–H and O–H groups in total. The molecule has 1 amide bonds. The smallest absolute Gasteiger partial charge is 0.338 e. The summed E-state index contributed by atoms with van der Waals surface area (Å²) in [5, 5.41) is 3.25. The van der Waals surface area contributed by atoms with Crippen LogP contribution in [-0.4, -0.2) is 18.5 Å². The number of carbonyl (C=O) groups excluding carboxylic acids is 2. The first-order valence-electron chi connectivity index (χ1n) is 7.81. The first kappa shape index (κ1) is 19.3. The van der Waals surface area contributed by atoms with Gasteiger partial charge in [0.2, 0.25) is 0 Å². The van der Waals surface area contributed by atoms with Gasteiger partial charge in [-0.3, -0.25) is 4.79 Å². The van der Waals surface area contributed by atoms with Crippen LogP contribution in [0.25, 0.3) is 0 Å². The van der Waals surface area contributed by atoms with Gasteiger partial charge in [-0.15, -0.1) is 0 Å². The monoisotopic (exact) mass is 379 g/mol. The Bertz CT molecular complexity index is 786. The van der Waals surface area contributed by atoms with Crippen LogP contribution in [0, 0.1) is 6.92 Å². The molecule has 0 aliphatic carbocycles. The Morgan fingerprint density at radius 3 is 2.32 bits per heavy atom. The summed E-state index contributed by atoms with van der Waals surface area (Å²) in [6.07, 6.45) is 0. The summed E-state index contributed by atoms with van der Waals surface area (Å²) >= 11 is 12.2. The van der Waals surface area contributed by atoms with Crippen molar-refractivity contribution in [3.05, 3.63) is 63.1 Å². The predicted octanol–water partition coefficient (Wildman–Crippen LogP) is 5.22. The van der Waals surface area contributed by atoms with Crippen LogP contribution in [0.15, 0.2) is 36.4 Å². The molecule has 6 heteroatoms. The fourth-order valence-electron chi connectivity index (χ4n) is 2.17. The maximum Gasteiger partial charge on any atom is 0.338 e. The number of anilines is 1. The van der Waals surface area contributed by atoms with Crippen molar-refractivity contribution in [1.29, 1.82) is 0 Å². The molecule has 2 aromatic rings. The summed E-state index contributed by atoms with van der Waals surface area (Å²) in [4.78, 5) is 24.0. The molecule has 0 aliphatic rings. The lowest BCUT2D eigenvalue weighted by atomic mass is 10.0. The highest BCUT2D eigenvalue weighted by Gasteiger charge is 2.14. The summed E-state index contributed by atoms with van der Waals surface area (Å²) in [6.45, 7) is 5.51. The van der Waals surface area contributed by atoms with Gasteiger partial charge in [-0.25, -0.2) is 4.79 Å². The number of halogens is 2. The van der Waals surface area contributed by atoms with Gasteiger partial charge < -0.3 is 10.1 Å². The molecule has 0 fully saturated rings. The van der Waals surface area contributed by atoms with Crippen LogP contribution in [0.1, 0.15) is 41.3 Å². The Balaban J connectivity index is 1.96. The number of benzene rings is 2. The third-order valence-corrected chi connectivity index (χ3v) is 4.50. The molecular formula is C19H19Cl2NO3. The van der Waals surface area contributed by atoms with E-state index in [9.17, 15) is 9.59 Å². The third-order valence-electron chi connectivity index (χ3n) is 3.70. The molecule has 0 saturated heterocycles. The van der Waals surface area contributed by atoms with Gasteiger partial charge in [-0.2, -0.15) is 0 Å². The molecule has 0 heterocycles. The minimum Gasteiger partial charge on any atom is -0.452 e. The molecule has 0 aromatic heterocycles. The fourth-order valence-corrected chi connectivity index (χ4v) is 2.63. The van der Waals surface area contributed by atoms with Crippen LogP contribution in [0.5, 0.6) is 0 Å². The minimum atomic E-state index is -0.563. The van der Waals surface area contributed by atoms with Crippen molar-refractivity contribution < 1.29 is 14.3 Å². The SMILES string of the molecule is Cc1ccc(Cl)c(NC(=O)COC(=O)c2ccc(C(C)C)cc2)c1Cl. The maximum atomic E-state index is 12.0. The van der Waals surface area contributed by atoms with Crippen molar-refractivity contribution in [2.45, 2.75) is 26.7 Å². The van der Waals surface area contributed by atoms with E-state index in [4.69, 9.17) is 27.9 Å². The van der Waals surface area contributed by atoms with Crippen LogP contribution in [0.2, 0.25) is 10.0 Å². The molecule has 0 unspecified atom stereocenters. The van der Waals surface area contributed by atoms with E-state index in [1.165, 1.54) is 0 Å². The number of nitrogens with one attached hydrogen (secondary N) is 1. The molecule has 0 atom stereocenters. The van der Waals surface area contributed by atoms with E-state index in [0.717, 1.165) is 11.1 Å².